The maximum Gasteiger partial charge on any atom is 0.243 e. The molecule has 26 heavy (non-hydrogen) atoms. The first-order valence-electron chi connectivity index (χ1n) is 9.17. The van der Waals surface area contributed by atoms with Gasteiger partial charge < -0.3 is 5.32 Å². The quantitative estimate of drug-likeness (QED) is 0.876. The van der Waals surface area contributed by atoms with Gasteiger partial charge in [-0.05, 0) is 61.8 Å². The summed E-state index contributed by atoms with van der Waals surface area (Å²) >= 11 is 0. The van der Waals surface area contributed by atoms with Gasteiger partial charge in [0.15, 0.2) is 0 Å². The van der Waals surface area contributed by atoms with Crippen molar-refractivity contribution in [3.63, 3.8) is 0 Å². The van der Waals surface area contributed by atoms with Gasteiger partial charge in [-0.3, -0.25) is 4.79 Å². The molecule has 5 nitrogen and oxygen atoms in total. The predicted molar refractivity (Wildman–Crippen MR) is 105 cm³/mol. The van der Waals surface area contributed by atoms with E-state index in [-0.39, 0.29) is 17.9 Å². The molecule has 0 radical (unpaired) electrons. The lowest BCUT2D eigenvalue weighted by Gasteiger charge is -2.38. The van der Waals surface area contributed by atoms with E-state index in [4.69, 9.17) is 0 Å². The molecule has 6 heteroatoms. The summed E-state index contributed by atoms with van der Waals surface area (Å²) in [4.78, 5) is 12.6. The lowest BCUT2D eigenvalue weighted by Crippen LogP contribution is -2.51. The van der Waals surface area contributed by atoms with Crippen LogP contribution in [-0.2, 0) is 20.2 Å². The highest BCUT2D eigenvalue weighted by Gasteiger charge is 2.42. The van der Waals surface area contributed by atoms with Crippen LogP contribution < -0.4 is 5.32 Å². The normalized spacial score (nSPS) is 22.3. The highest BCUT2D eigenvalue weighted by Crippen LogP contribution is 2.35. The summed E-state index contributed by atoms with van der Waals surface area (Å²) in [5.41, 5.74) is 1.93. The number of carbonyl (C=O) groups is 1. The molecule has 1 amide bonds. The van der Waals surface area contributed by atoms with Crippen molar-refractivity contribution < 1.29 is 13.2 Å². The van der Waals surface area contributed by atoms with Gasteiger partial charge in [-0.1, -0.05) is 26.8 Å². The summed E-state index contributed by atoms with van der Waals surface area (Å²) in [5.74, 6) is -0.103. The number of piperidine rings is 1. The fourth-order valence-corrected chi connectivity index (χ4v) is 5.48. The second kappa shape index (κ2) is 6.97. The van der Waals surface area contributed by atoms with Crippen LogP contribution in [0.1, 0.15) is 57.2 Å². The number of nitrogens with zero attached hydrogens (tertiary/aromatic N) is 1. The number of amides is 1. The van der Waals surface area contributed by atoms with Gasteiger partial charge >= 0.3 is 0 Å². The van der Waals surface area contributed by atoms with Gasteiger partial charge in [0.1, 0.15) is 0 Å². The van der Waals surface area contributed by atoms with Crippen LogP contribution in [0.3, 0.4) is 0 Å². The highest BCUT2D eigenvalue weighted by atomic mass is 32.2. The van der Waals surface area contributed by atoms with Gasteiger partial charge in [-0.25, -0.2) is 8.42 Å². The largest absolute Gasteiger partial charge is 0.359 e. The van der Waals surface area contributed by atoms with Crippen molar-refractivity contribution in [1.82, 2.24) is 9.62 Å². The molecule has 1 aliphatic rings. The SMILES string of the molecule is CNC(=O)C1(C)CCCN(S(=O)(=O)c2cc(C(C)(C)C)cc(C)c2C)C1. The van der Waals surface area contributed by atoms with Crippen LogP contribution in [0.4, 0.5) is 0 Å². The summed E-state index contributed by atoms with van der Waals surface area (Å²) < 4.78 is 28.4. The average Bonchev–Trinajstić information content (AvgIpc) is 2.55. The molecule has 0 bridgehead atoms. The van der Waals surface area contributed by atoms with Crippen LogP contribution in [0, 0.1) is 19.3 Å². The van der Waals surface area contributed by atoms with E-state index in [2.05, 4.69) is 32.2 Å². The molecule has 146 valence electrons. The van der Waals surface area contributed by atoms with Gasteiger partial charge in [-0.15, -0.1) is 0 Å². The van der Waals surface area contributed by atoms with Crippen LogP contribution in [0.15, 0.2) is 17.0 Å². The number of benzene rings is 1. The van der Waals surface area contributed by atoms with Crippen molar-refractivity contribution in [3.05, 3.63) is 28.8 Å². The number of sulfonamides is 1. The Hall–Kier alpha value is -1.40. The zero-order valence-corrected chi connectivity index (χ0v) is 17.9. The van der Waals surface area contributed by atoms with E-state index in [1.807, 2.05) is 26.8 Å². The molecule has 1 saturated heterocycles. The van der Waals surface area contributed by atoms with Gasteiger partial charge in [0, 0.05) is 20.1 Å². The van der Waals surface area contributed by atoms with E-state index in [1.165, 1.54) is 4.31 Å². The van der Waals surface area contributed by atoms with E-state index in [1.54, 1.807) is 7.05 Å². The lowest BCUT2D eigenvalue weighted by molar-refractivity contribution is -0.131. The lowest BCUT2D eigenvalue weighted by atomic mass is 9.82. The summed E-state index contributed by atoms with van der Waals surface area (Å²) in [7, 11) is -2.06. The molecule has 0 aliphatic carbocycles. The Morgan fingerprint density at radius 2 is 1.85 bits per heavy atom. The predicted octanol–water partition coefficient (Wildman–Crippen LogP) is 3.14. The first-order valence-corrected chi connectivity index (χ1v) is 10.6. The van der Waals surface area contributed by atoms with E-state index in [9.17, 15) is 13.2 Å². The topological polar surface area (TPSA) is 66.5 Å². The number of hydrogen-bond acceptors (Lipinski definition) is 3. The summed E-state index contributed by atoms with van der Waals surface area (Å²) in [6.07, 6.45) is 1.37. The van der Waals surface area contributed by atoms with E-state index in [0.29, 0.717) is 24.3 Å². The summed E-state index contributed by atoms with van der Waals surface area (Å²) in [6, 6.07) is 3.88. The van der Waals surface area contributed by atoms with Crippen LogP contribution >= 0.6 is 0 Å². The number of nitrogens with one attached hydrogen (secondary N) is 1. The number of rotatable bonds is 3. The van der Waals surface area contributed by atoms with Crippen molar-refractivity contribution >= 4 is 15.9 Å². The van der Waals surface area contributed by atoms with E-state index >= 15 is 0 Å². The summed E-state index contributed by atoms with van der Waals surface area (Å²) in [5, 5.41) is 2.68. The minimum Gasteiger partial charge on any atom is -0.359 e. The van der Waals surface area contributed by atoms with Crippen LogP contribution in [0.2, 0.25) is 0 Å². The third-order valence-corrected chi connectivity index (χ3v) is 7.51. The van der Waals surface area contributed by atoms with Gasteiger partial charge in [0.25, 0.3) is 0 Å². The Morgan fingerprint density at radius 3 is 2.38 bits per heavy atom. The molecule has 1 unspecified atom stereocenters. The molecular weight excluding hydrogens is 348 g/mol. The molecule has 1 aliphatic heterocycles. The molecule has 1 fully saturated rings. The first kappa shape index (κ1) is 20.9. The smallest absolute Gasteiger partial charge is 0.243 e. The van der Waals surface area contributed by atoms with Gasteiger partial charge in [0.05, 0.1) is 10.3 Å². The molecular formula is C20H32N2O3S. The zero-order valence-electron chi connectivity index (χ0n) is 17.1. The Labute approximate surface area is 158 Å². The second-order valence-corrected chi connectivity index (χ2v) is 10.7. The van der Waals surface area contributed by atoms with Crippen molar-refractivity contribution in [2.45, 2.75) is 64.7 Å². The fourth-order valence-electron chi connectivity index (χ4n) is 3.55. The average molecular weight is 381 g/mol. The van der Waals surface area contributed by atoms with Gasteiger partial charge in [0.2, 0.25) is 15.9 Å². The van der Waals surface area contributed by atoms with E-state index in [0.717, 1.165) is 16.7 Å². The zero-order chi connectivity index (χ0) is 19.9. The minimum atomic E-state index is -3.66. The van der Waals surface area contributed by atoms with Crippen LogP contribution in [0.25, 0.3) is 0 Å². The first-order chi connectivity index (χ1) is 11.8. The molecule has 1 aromatic carbocycles. The molecule has 2 rings (SSSR count). The maximum absolute atomic E-state index is 13.4. The number of carbonyl (C=O) groups excluding carboxylic acids is 1. The molecule has 1 atom stereocenters. The van der Waals surface area contributed by atoms with Crippen molar-refractivity contribution in [3.8, 4) is 0 Å². The molecule has 1 aromatic rings. The number of hydrogen-bond donors (Lipinski definition) is 1. The fraction of sp³-hybridized carbons (Fsp3) is 0.650. The van der Waals surface area contributed by atoms with Crippen molar-refractivity contribution in [2.75, 3.05) is 20.1 Å². The van der Waals surface area contributed by atoms with Crippen molar-refractivity contribution in [2.24, 2.45) is 5.41 Å². The third-order valence-electron chi connectivity index (χ3n) is 5.54. The van der Waals surface area contributed by atoms with Gasteiger partial charge in [-0.2, -0.15) is 4.31 Å². The molecule has 1 heterocycles. The molecule has 0 spiro atoms. The summed E-state index contributed by atoms with van der Waals surface area (Å²) in [6.45, 7) is 12.6. The Balaban J connectivity index is 2.51. The van der Waals surface area contributed by atoms with E-state index < -0.39 is 15.4 Å². The Morgan fingerprint density at radius 1 is 1.23 bits per heavy atom. The Kier molecular flexibility index (Phi) is 5.60. The van der Waals surface area contributed by atoms with Crippen LogP contribution in [-0.4, -0.2) is 38.8 Å². The molecule has 0 aromatic heterocycles. The second-order valence-electron chi connectivity index (χ2n) is 8.75. The highest BCUT2D eigenvalue weighted by molar-refractivity contribution is 7.89. The monoisotopic (exact) mass is 380 g/mol. The standard InChI is InChI=1S/C20H32N2O3S/c1-14-11-16(19(3,4)5)12-17(15(14)2)26(24,25)22-10-8-9-20(6,13-22)18(23)21-7/h11-12H,8-10,13H2,1-7H3,(H,21,23). The van der Waals surface area contributed by atoms with Crippen LogP contribution in [0.5, 0.6) is 0 Å². The minimum absolute atomic E-state index is 0.103. The maximum atomic E-state index is 13.4. The van der Waals surface area contributed by atoms with Crippen molar-refractivity contribution in [1.29, 1.82) is 0 Å². The third kappa shape index (κ3) is 3.81. The Bertz CT molecular complexity index is 809. The number of aryl methyl sites for hydroxylation is 1. The molecule has 1 N–H and O–H groups in total. The molecule has 0 saturated carbocycles.